The molecule has 1 atom stereocenters. The number of benzene rings is 3. The minimum absolute atomic E-state index is 0.0749. The highest BCUT2D eigenvalue weighted by Gasteiger charge is 2.20. The first-order valence-corrected chi connectivity index (χ1v) is 12.3. The SMILES string of the molecule is CC(Sc1ccccc1)C(=O)Nc1ccc(NS(=O)(=O)c2ccc3c(c2)OCCO3)cc1. The maximum atomic E-state index is 12.7. The Morgan fingerprint density at radius 1 is 0.906 bits per heavy atom. The first kappa shape index (κ1) is 22.0. The molecule has 0 spiro atoms. The van der Waals surface area contributed by atoms with E-state index in [1.807, 2.05) is 37.3 Å². The highest BCUT2D eigenvalue weighted by Crippen LogP contribution is 2.33. The van der Waals surface area contributed by atoms with Gasteiger partial charge in [0.2, 0.25) is 5.91 Å². The van der Waals surface area contributed by atoms with Crippen molar-refractivity contribution in [3.8, 4) is 11.5 Å². The van der Waals surface area contributed by atoms with Crippen molar-refractivity contribution in [3.63, 3.8) is 0 Å². The molecule has 0 aromatic heterocycles. The van der Waals surface area contributed by atoms with Crippen LogP contribution in [0.2, 0.25) is 0 Å². The van der Waals surface area contributed by atoms with Crippen molar-refractivity contribution in [3.05, 3.63) is 72.8 Å². The monoisotopic (exact) mass is 470 g/mol. The van der Waals surface area contributed by atoms with E-state index in [4.69, 9.17) is 9.47 Å². The molecule has 1 aliphatic heterocycles. The molecule has 7 nitrogen and oxygen atoms in total. The number of fused-ring (bicyclic) bond motifs is 1. The van der Waals surface area contributed by atoms with E-state index in [1.54, 1.807) is 30.3 Å². The van der Waals surface area contributed by atoms with Crippen LogP contribution in [-0.4, -0.2) is 32.8 Å². The Labute approximate surface area is 191 Å². The minimum Gasteiger partial charge on any atom is -0.486 e. The Bertz CT molecular complexity index is 1200. The summed E-state index contributed by atoms with van der Waals surface area (Å²) in [5.41, 5.74) is 0.961. The van der Waals surface area contributed by atoms with E-state index in [0.717, 1.165) is 4.90 Å². The van der Waals surface area contributed by atoms with Crippen LogP contribution in [0.3, 0.4) is 0 Å². The highest BCUT2D eigenvalue weighted by molar-refractivity contribution is 8.00. The number of carbonyl (C=O) groups is 1. The Kier molecular flexibility index (Phi) is 6.57. The van der Waals surface area contributed by atoms with Crippen molar-refractivity contribution >= 4 is 39.1 Å². The Balaban J connectivity index is 1.38. The summed E-state index contributed by atoms with van der Waals surface area (Å²) >= 11 is 1.47. The lowest BCUT2D eigenvalue weighted by atomic mass is 10.3. The third-order valence-electron chi connectivity index (χ3n) is 4.65. The van der Waals surface area contributed by atoms with Gasteiger partial charge in [0.1, 0.15) is 13.2 Å². The molecule has 0 saturated carbocycles. The first-order valence-electron chi connectivity index (χ1n) is 9.96. The Morgan fingerprint density at radius 3 is 2.28 bits per heavy atom. The number of amides is 1. The second kappa shape index (κ2) is 9.54. The Hall–Kier alpha value is -3.17. The molecule has 3 aromatic carbocycles. The summed E-state index contributed by atoms with van der Waals surface area (Å²) in [6.45, 7) is 2.65. The summed E-state index contributed by atoms with van der Waals surface area (Å²) in [5.74, 6) is 0.790. The molecule has 9 heteroatoms. The lowest BCUT2D eigenvalue weighted by Gasteiger charge is -2.19. The van der Waals surface area contributed by atoms with E-state index in [-0.39, 0.29) is 16.1 Å². The topological polar surface area (TPSA) is 93.7 Å². The average molecular weight is 471 g/mol. The number of hydrogen-bond acceptors (Lipinski definition) is 6. The number of sulfonamides is 1. The molecular weight excluding hydrogens is 448 g/mol. The summed E-state index contributed by atoms with van der Waals surface area (Å²) in [5, 5.41) is 2.56. The number of hydrogen-bond donors (Lipinski definition) is 2. The summed E-state index contributed by atoms with van der Waals surface area (Å²) in [6.07, 6.45) is 0. The molecular formula is C23H22N2O5S2. The quantitative estimate of drug-likeness (QED) is 0.498. The molecule has 2 N–H and O–H groups in total. The van der Waals surface area contributed by atoms with Crippen LogP contribution in [-0.2, 0) is 14.8 Å². The molecule has 1 aliphatic rings. The van der Waals surface area contributed by atoms with Gasteiger partial charge in [0.25, 0.3) is 10.0 Å². The molecule has 0 radical (unpaired) electrons. The second-order valence-corrected chi connectivity index (χ2v) is 10.1. The van der Waals surface area contributed by atoms with Gasteiger partial charge in [-0.1, -0.05) is 18.2 Å². The zero-order valence-corrected chi connectivity index (χ0v) is 18.9. The van der Waals surface area contributed by atoms with Crippen LogP contribution < -0.4 is 19.5 Å². The molecule has 1 unspecified atom stereocenters. The fraction of sp³-hybridized carbons (Fsp3) is 0.174. The molecule has 3 aromatic rings. The van der Waals surface area contributed by atoms with Crippen molar-refractivity contribution in [1.82, 2.24) is 0 Å². The third-order valence-corrected chi connectivity index (χ3v) is 7.14. The zero-order valence-electron chi connectivity index (χ0n) is 17.3. The molecule has 4 rings (SSSR count). The number of nitrogens with one attached hydrogen (secondary N) is 2. The summed E-state index contributed by atoms with van der Waals surface area (Å²) in [6, 6.07) is 20.7. The Morgan fingerprint density at radius 2 is 1.56 bits per heavy atom. The van der Waals surface area contributed by atoms with Gasteiger partial charge in [0.05, 0.1) is 10.1 Å². The molecule has 166 valence electrons. The van der Waals surface area contributed by atoms with Crippen LogP contribution in [0.4, 0.5) is 11.4 Å². The molecule has 0 aliphatic carbocycles. The molecule has 1 heterocycles. The summed E-state index contributed by atoms with van der Waals surface area (Å²) in [4.78, 5) is 13.6. The van der Waals surface area contributed by atoms with Gasteiger partial charge < -0.3 is 14.8 Å². The van der Waals surface area contributed by atoms with Crippen molar-refractivity contribution < 1.29 is 22.7 Å². The van der Waals surface area contributed by atoms with E-state index in [1.165, 1.54) is 23.9 Å². The van der Waals surface area contributed by atoms with Crippen LogP contribution in [0.25, 0.3) is 0 Å². The van der Waals surface area contributed by atoms with Gasteiger partial charge in [-0.05, 0) is 55.5 Å². The van der Waals surface area contributed by atoms with Gasteiger partial charge in [-0.2, -0.15) is 0 Å². The standard InChI is InChI=1S/C23H22N2O5S2/c1-16(31-19-5-3-2-4-6-19)23(26)24-17-7-9-18(10-8-17)25-32(27,28)20-11-12-21-22(15-20)30-14-13-29-21/h2-12,15-16,25H,13-14H2,1H3,(H,24,26). The fourth-order valence-corrected chi connectivity index (χ4v) is 4.99. The molecule has 32 heavy (non-hydrogen) atoms. The van der Waals surface area contributed by atoms with Gasteiger partial charge in [0, 0.05) is 22.3 Å². The molecule has 0 fully saturated rings. The third kappa shape index (κ3) is 5.35. The summed E-state index contributed by atoms with van der Waals surface area (Å²) < 4.78 is 38.9. The van der Waals surface area contributed by atoms with E-state index in [2.05, 4.69) is 10.0 Å². The predicted octanol–water partition coefficient (Wildman–Crippen LogP) is 4.38. The van der Waals surface area contributed by atoms with Crippen molar-refractivity contribution in [2.24, 2.45) is 0 Å². The fourth-order valence-electron chi connectivity index (χ4n) is 3.03. The van der Waals surface area contributed by atoms with Crippen molar-refractivity contribution in [1.29, 1.82) is 0 Å². The van der Waals surface area contributed by atoms with E-state index >= 15 is 0 Å². The molecule has 1 amide bonds. The minimum atomic E-state index is -3.81. The van der Waals surface area contributed by atoms with Gasteiger partial charge in [-0.25, -0.2) is 8.42 Å². The normalized spacial score (nSPS) is 13.8. The first-order chi connectivity index (χ1) is 15.4. The number of thioether (sulfide) groups is 1. The lowest BCUT2D eigenvalue weighted by molar-refractivity contribution is -0.115. The van der Waals surface area contributed by atoms with Crippen LogP contribution in [0.15, 0.2) is 82.6 Å². The highest BCUT2D eigenvalue weighted by atomic mass is 32.2. The maximum absolute atomic E-state index is 12.7. The number of anilines is 2. The van der Waals surface area contributed by atoms with E-state index in [0.29, 0.717) is 36.1 Å². The number of rotatable bonds is 7. The molecule has 0 saturated heterocycles. The van der Waals surface area contributed by atoms with E-state index in [9.17, 15) is 13.2 Å². The van der Waals surface area contributed by atoms with E-state index < -0.39 is 10.0 Å². The maximum Gasteiger partial charge on any atom is 0.262 e. The van der Waals surface area contributed by atoms with Gasteiger partial charge in [-0.15, -0.1) is 11.8 Å². The summed E-state index contributed by atoms with van der Waals surface area (Å²) in [7, 11) is -3.81. The van der Waals surface area contributed by atoms with Gasteiger partial charge >= 0.3 is 0 Å². The largest absolute Gasteiger partial charge is 0.486 e. The van der Waals surface area contributed by atoms with Gasteiger partial charge in [-0.3, -0.25) is 9.52 Å². The van der Waals surface area contributed by atoms with Gasteiger partial charge in [0.15, 0.2) is 11.5 Å². The number of carbonyl (C=O) groups excluding carboxylic acids is 1. The predicted molar refractivity (Wildman–Crippen MR) is 125 cm³/mol. The zero-order chi connectivity index (χ0) is 22.6. The van der Waals surface area contributed by atoms with Crippen LogP contribution >= 0.6 is 11.8 Å². The second-order valence-electron chi connectivity index (χ2n) is 7.05. The smallest absolute Gasteiger partial charge is 0.262 e. The molecule has 0 bridgehead atoms. The van der Waals surface area contributed by atoms with Crippen molar-refractivity contribution in [2.45, 2.75) is 22.0 Å². The number of ether oxygens (including phenoxy) is 2. The van der Waals surface area contributed by atoms with Crippen molar-refractivity contribution in [2.75, 3.05) is 23.3 Å². The average Bonchev–Trinajstić information content (AvgIpc) is 2.80. The van der Waals surface area contributed by atoms with Crippen LogP contribution in [0, 0.1) is 0 Å². The van der Waals surface area contributed by atoms with Crippen LogP contribution in [0.5, 0.6) is 11.5 Å². The van der Waals surface area contributed by atoms with Crippen LogP contribution in [0.1, 0.15) is 6.92 Å². The lowest BCUT2D eigenvalue weighted by Crippen LogP contribution is -2.22.